The second-order valence-electron chi connectivity index (χ2n) is 11.6. The first-order chi connectivity index (χ1) is 24.0. The second-order valence-corrected chi connectivity index (χ2v) is 12.6. The van der Waals surface area contributed by atoms with Gasteiger partial charge in [0.25, 0.3) is 0 Å². The van der Waals surface area contributed by atoms with Crippen LogP contribution in [0.2, 0.25) is 0 Å². The van der Waals surface area contributed by atoms with E-state index in [0.29, 0.717) is 34.0 Å². The maximum absolute atomic E-state index is 13.3. The van der Waals surface area contributed by atoms with Crippen molar-refractivity contribution >= 4 is 45.9 Å². The fourth-order valence-electron chi connectivity index (χ4n) is 4.88. The summed E-state index contributed by atoms with van der Waals surface area (Å²) in [6, 6.07) is 14.1. The van der Waals surface area contributed by atoms with Gasteiger partial charge in [-0.15, -0.1) is 18.3 Å². The van der Waals surface area contributed by atoms with Crippen molar-refractivity contribution in [1.29, 1.82) is 0 Å². The van der Waals surface area contributed by atoms with Gasteiger partial charge in [0.05, 0.1) is 30.2 Å². The molecule has 1 N–H and O–H groups in total. The van der Waals surface area contributed by atoms with Crippen LogP contribution >= 0.6 is 11.8 Å². The first kappa shape index (κ1) is 37.0. The monoisotopic (exact) mass is 735 g/mol. The number of aliphatic imine (C=N–C) groups is 1. The molecule has 11 nitrogen and oxygen atoms in total. The van der Waals surface area contributed by atoms with Crippen LogP contribution in [0.4, 0.5) is 48.2 Å². The van der Waals surface area contributed by atoms with Gasteiger partial charge in [-0.3, -0.25) is 9.69 Å². The summed E-state index contributed by atoms with van der Waals surface area (Å²) in [5.41, 5.74) is 2.96. The number of rotatable bonds is 10. The number of hydrogen-bond donors (Lipinski definition) is 1. The maximum atomic E-state index is 13.3. The van der Waals surface area contributed by atoms with E-state index in [2.05, 4.69) is 25.1 Å². The highest BCUT2D eigenvalue weighted by molar-refractivity contribution is 8.15. The molecule has 3 amide bonds. The van der Waals surface area contributed by atoms with Gasteiger partial charge in [0.2, 0.25) is 5.91 Å². The van der Waals surface area contributed by atoms with Crippen LogP contribution < -0.4 is 24.6 Å². The summed E-state index contributed by atoms with van der Waals surface area (Å²) in [4.78, 5) is 37.7. The van der Waals surface area contributed by atoms with Gasteiger partial charge in [0.1, 0.15) is 17.8 Å². The number of carbonyl (C=O) groups excluding carboxylic acids is 2. The fourth-order valence-corrected chi connectivity index (χ4v) is 5.74. The highest BCUT2D eigenvalue weighted by Gasteiger charge is 2.34. The molecule has 0 saturated carbocycles. The Balaban J connectivity index is 1.36. The summed E-state index contributed by atoms with van der Waals surface area (Å²) in [5, 5.41) is 7.21. The highest BCUT2D eigenvalue weighted by Crippen LogP contribution is 2.38. The Morgan fingerprint density at radius 2 is 1.76 bits per heavy atom. The minimum Gasteiger partial charge on any atom is -0.491 e. The number of anilines is 3. The molecule has 1 aliphatic rings. The number of ether oxygens (including phenoxy) is 2. The number of halogens is 6. The number of alkyl halides is 6. The average Bonchev–Trinajstić information content (AvgIpc) is 3.67. The lowest BCUT2D eigenvalue weighted by Crippen LogP contribution is -2.31. The zero-order valence-corrected chi connectivity index (χ0v) is 28.4. The third-order valence-electron chi connectivity index (χ3n) is 7.31. The molecule has 0 aliphatic carbocycles. The van der Waals surface area contributed by atoms with Gasteiger partial charge in [0, 0.05) is 31.0 Å². The minimum atomic E-state index is -4.81. The van der Waals surface area contributed by atoms with Crippen LogP contribution in [-0.2, 0) is 4.79 Å². The zero-order chi connectivity index (χ0) is 37.1. The standard InChI is InChI=1S/C33H31F6N7O4S/c1-19(2)24-15-20(29-40-18-45(43-29)21-6-9-23(10-7-21)50-33(37,38)39)5-11-25(24)41-30(48)42-31-46(28(47)17-51-31)26-16-22(44(3)4)8-12-27(26)49-14-13-32(34,35)36/h5-12,15-16,18-19H,13-14,17H2,1-4H3,(H,41,48). The Bertz CT molecular complexity index is 1930. The second kappa shape index (κ2) is 14.9. The maximum Gasteiger partial charge on any atom is 0.573 e. The van der Waals surface area contributed by atoms with Gasteiger partial charge < -0.3 is 19.7 Å². The molecular formula is C33H31F6N7O4S. The molecule has 1 aliphatic heterocycles. The number of aromatic nitrogens is 3. The molecule has 0 radical (unpaired) electrons. The topological polar surface area (TPSA) is 114 Å². The number of hydrogen-bond acceptors (Lipinski definition) is 8. The Kier molecular flexibility index (Phi) is 10.8. The van der Waals surface area contributed by atoms with Gasteiger partial charge in [-0.1, -0.05) is 25.6 Å². The van der Waals surface area contributed by atoms with Crippen LogP contribution in [0.5, 0.6) is 11.5 Å². The van der Waals surface area contributed by atoms with E-state index >= 15 is 0 Å². The van der Waals surface area contributed by atoms with E-state index in [-0.39, 0.29) is 34.0 Å². The summed E-state index contributed by atoms with van der Waals surface area (Å²) >= 11 is 0.998. The van der Waals surface area contributed by atoms with Gasteiger partial charge in [-0.05, 0) is 72.1 Å². The lowest BCUT2D eigenvalue weighted by atomic mass is 9.98. The van der Waals surface area contributed by atoms with E-state index < -0.39 is 37.5 Å². The number of amides is 3. The van der Waals surface area contributed by atoms with Crippen molar-refractivity contribution < 1.29 is 45.4 Å². The molecule has 270 valence electrons. The van der Waals surface area contributed by atoms with Gasteiger partial charge in [-0.25, -0.2) is 14.5 Å². The van der Waals surface area contributed by atoms with Crippen LogP contribution in [0.1, 0.15) is 31.7 Å². The molecular weight excluding hydrogens is 704 g/mol. The molecule has 5 rings (SSSR count). The molecule has 1 fully saturated rings. The average molecular weight is 736 g/mol. The molecule has 0 spiro atoms. The zero-order valence-electron chi connectivity index (χ0n) is 27.5. The summed E-state index contributed by atoms with van der Waals surface area (Å²) in [6.45, 7) is 3.14. The minimum absolute atomic E-state index is 0.0181. The predicted molar refractivity (Wildman–Crippen MR) is 181 cm³/mol. The highest BCUT2D eigenvalue weighted by atomic mass is 32.2. The normalized spacial score (nSPS) is 14.4. The Morgan fingerprint density at radius 1 is 1.04 bits per heavy atom. The summed E-state index contributed by atoms with van der Waals surface area (Å²) in [5.74, 6) is -0.630. The summed E-state index contributed by atoms with van der Waals surface area (Å²) in [7, 11) is 3.51. The first-order valence-electron chi connectivity index (χ1n) is 15.3. The van der Waals surface area contributed by atoms with Crippen molar-refractivity contribution in [2.75, 3.05) is 41.6 Å². The molecule has 0 unspecified atom stereocenters. The lowest BCUT2D eigenvalue weighted by molar-refractivity contribution is -0.274. The molecule has 0 atom stereocenters. The molecule has 18 heteroatoms. The molecule has 3 aromatic carbocycles. The molecule has 51 heavy (non-hydrogen) atoms. The van der Waals surface area contributed by atoms with Gasteiger partial charge in [-0.2, -0.15) is 18.2 Å². The van der Waals surface area contributed by atoms with Crippen LogP contribution in [0, 0.1) is 0 Å². The number of thioether (sulfide) groups is 1. The van der Waals surface area contributed by atoms with Gasteiger partial charge >= 0.3 is 18.6 Å². The van der Waals surface area contributed by atoms with Crippen molar-refractivity contribution in [2.45, 2.75) is 38.7 Å². The molecule has 1 aromatic heterocycles. The first-order valence-corrected chi connectivity index (χ1v) is 16.2. The van der Waals surface area contributed by atoms with E-state index in [0.717, 1.165) is 28.8 Å². The number of nitrogens with one attached hydrogen (secondary N) is 1. The summed E-state index contributed by atoms with van der Waals surface area (Å²) < 4.78 is 86.7. The van der Waals surface area contributed by atoms with Crippen molar-refractivity contribution in [3.8, 4) is 28.6 Å². The number of carbonyl (C=O) groups is 2. The number of amidine groups is 1. The van der Waals surface area contributed by atoms with Crippen molar-refractivity contribution in [2.24, 2.45) is 4.99 Å². The predicted octanol–water partition coefficient (Wildman–Crippen LogP) is 8.02. The van der Waals surface area contributed by atoms with E-state index in [9.17, 15) is 35.9 Å². The van der Waals surface area contributed by atoms with Gasteiger partial charge in [0.15, 0.2) is 11.0 Å². The molecule has 2 heterocycles. The van der Waals surface area contributed by atoms with Crippen LogP contribution in [0.15, 0.2) is 72.0 Å². The quantitative estimate of drug-likeness (QED) is 0.163. The number of urea groups is 1. The molecule has 0 bridgehead atoms. The Labute approximate surface area is 292 Å². The molecule has 4 aromatic rings. The van der Waals surface area contributed by atoms with E-state index in [1.807, 2.05) is 13.8 Å². The summed E-state index contributed by atoms with van der Waals surface area (Å²) in [6.07, 6.45) is -9.04. The number of nitrogens with zero attached hydrogens (tertiary/aromatic N) is 6. The smallest absolute Gasteiger partial charge is 0.491 e. The number of benzene rings is 3. The Hall–Kier alpha value is -5.26. The van der Waals surface area contributed by atoms with Crippen LogP contribution in [0.3, 0.4) is 0 Å². The Morgan fingerprint density at radius 3 is 2.41 bits per heavy atom. The van der Waals surface area contributed by atoms with E-state index in [1.165, 1.54) is 29.2 Å². The third kappa shape index (κ3) is 9.50. The molecule has 1 saturated heterocycles. The van der Waals surface area contributed by atoms with Crippen molar-refractivity contribution in [3.63, 3.8) is 0 Å². The van der Waals surface area contributed by atoms with E-state index in [1.54, 1.807) is 49.3 Å². The van der Waals surface area contributed by atoms with E-state index in [4.69, 9.17) is 4.74 Å². The van der Waals surface area contributed by atoms with Crippen LogP contribution in [0.25, 0.3) is 17.1 Å². The van der Waals surface area contributed by atoms with Crippen molar-refractivity contribution in [3.05, 3.63) is 72.6 Å². The third-order valence-corrected chi connectivity index (χ3v) is 8.23. The van der Waals surface area contributed by atoms with Crippen molar-refractivity contribution in [1.82, 2.24) is 14.8 Å². The lowest BCUT2D eigenvalue weighted by Gasteiger charge is -2.23. The largest absolute Gasteiger partial charge is 0.573 e. The van der Waals surface area contributed by atoms with Crippen LogP contribution in [-0.4, -0.2) is 70.9 Å². The SMILES string of the molecule is CC(C)c1cc(-c2ncn(-c3ccc(OC(F)(F)F)cc3)n2)ccc1NC(=O)N=C1SCC(=O)N1c1cc(N(C)C)ccc1OCCC(F)(F)F. The fraction of sp³-hybridized carbons (Fsp3) is 0.303.